The zero-order valence-electron chi connectivity index (χ0n) is 13.3. The number of esters is 2. The summed E-state index contributed by atoms with van der Waals surface area (Å²) in [6, 6.07) is 18.6. The van der Waals surface area contributed by atoms with E-state index in [1.807, 2.05) is 60.7 Å². The van der Waals surface area contributed by atoms with Crippen molar-refractivity contribution in [1.82, 2.24) is 0 Å². The summed E-state index contributed by atoms with van der Waals surface area (Å²) in [6.45, 7) is 3.28. The summed E-state index contributed by atoms with van der Waals surface area (Å²) in [5, 5.41) is 0. The minimum absolute atomic E-state index is 0.134. The molecular weight excluding hydrogens is 292 g/mol. The highest BCUT2D eigenvalue weighted by atomic mass is 16.6. The summed E-state index contributed by atoms with van der Waals surface area (Å²) >= 11 is 0. The second-order valence-corrected chi connectivity index (χ2v) is 5.75. The monoisotopic (exact) mass is 312 g/mol. The molecule has 0 unspecified atom stereocenters. The van der Waals surface area contributed by atoms with Gasteiger partial charge in [-0.05, 0) is 25.0 Å². The SMILES string of the molecule is CC(C)(C(=O)OCc1ccccc1)C(=O)OCc1ccccc1. The molecule has 0 bridgehead atoms. The van der Waals surface area contributed by atoms with Crippen molar-refractivity contribution in [3.05, 3.63) is 71.8 Å². The highest BCUT2D eigenvalue weighted by Crippen LogP contribution is 2.21. The van der Waals surface area contributed by atoms with Crippen molar-refractivity contribution in [2.75, 3.05) is 0 Å². The number of rotatable bonds is 6. The van der Waals surface area contributed by atoms with E-state index in [9.17, 15) is 9.59 Å². The van der Waals surface area contributed by atoms with E-state index in [-0.39, 0.29) is 13.2 Å². The Balaban J connectivity index is 1.88. The lowest BCUT2D eigenvalue weighted by atomic mass is 9.94. The molecule has 0 amide bonds. The Morgan fingerprint density at radius 3 is 1.43 bits per heavy atom. The molecule has 0 saturated carbocycles. The first-order valence-corrected chi connectivity index (χ1v) is 7.42. The maximum Gasteiger partial charge on any atom is 0.323 e. The van der Waals surface area contributed by atoms with Crippen molar-refractivity contribution in [3.63, 3.8) is 0 Å². The van der Waals surface area contributed by atoms with Gasteiger partial charge in [0.25, 0.3) is 0 Å². The quantitative estimate of drug-likeness (QED) is 0.605. The summed E-state index contributed by atoms with van der Waals surface area (Å²) < 4.78 is 10.5. The van der Waals surface area contributed by atoms with Crippen LogP contribution in [0.5, 0.6) is 0 Å². The van der Waals surface area contributed by atoms with Gasteiger partial charge in [-0.2, -0.15) is 0 Å². The molecule has 120 valence electrons. The molecule has 4 heteroatoms. The van der Waals surface area contributed by atoms with E-state index in [2.05, 4.69) is 0 Å². The van der Waals surface area contributed by atoms with Gasteiger partial charge in [-0.1, -0.05) is 60.7 Å². The minimum Gasteiger partial charge on any atom is -0.460 e. The lowest BCUT2D eigenvalue weighted by Crippen LogP contribution is -2.36. The van der Waals surface area contributed by atoms with E-state index in [0.717, 1.165) is 11.1 Å². The van der Waals surface area contributed by atoms with Gasteiger partial charge >= 0.3 is 11.9 Å². The van der Waals surface area contributed by atoms with Gasteiger partial charge in [-0.25, -0.2) is 0 Å². The van der Waals surface area contributed by atoms with Crippen LogP contribution in [-0.2, 0) is 32.3 Å². The van der Waals surface area contributed by atoms with Gasteiger partial charge in [0.2, 0.25) is 0 Å². The van der Waals surface area contributed by atoms with E-state index in [1.165, 1.54) is 13.8 Å². The van der Waals surface area contributed by atoms with Crippen LogP contribution in [0, 0.1) is 5.41 Å². The van der Waals surface area contributed by atoms with E-state index in [1.54, 1.807) is 0 Å². The van der Waals surface area contributed by atoms with Gasteiger partial charge < -0.3 is 9.47 Å². The number of carbonyl (C=O) groups excluding carboxylic acids is 2. The summed E-state index contributed by atoms with van der Waals surface area (Å²) in [6.07, 6.45) is 0. The number of carbonyl (C=O) groups is 2. The van der Waals surface area contributed by atoms with Crippen LogP contribution < -0.4 is 0 Å². The molecule has 0 saturated heterocycles. The predicted molar refractivity (Wildman–Crippen MR) is 86.3 cm³/mol. The van der Waals surface area contributed by atoms with Crippen molar-refractivity contribution in [2.45, 2.75) is 27.1 Å². The zero-order chi connectivity index (χ0) is 16.7. The molecule has 0 spiro atoms. The molecule has 0 N–H and O–H groups in total. The van der Waals surface area contributed by atoms with Gasteiger partial charge in [-0.3, -0.25) is 9.59 Å². The van der Waals surface area contributed by atoms with Crippen LogP contribution in [0.2, 0.25) is 0 Å². The molecule has 0 radical (unpaired) electrons. The fourth-order valence-corrected chi connectivity index (χ4v) is 1.89. The van der Waals surface area contributed by atoms with Crippen molar-refractivity contribution < 1.29 is 19.1 Å². The highest BCUT2D eigenvalue weighted by molar-refractivity contribution is 5.99. The number of ether oxygens (including phenoxy) is 2. The van der Waals surface area contributed by atoms with Crippen LogP contribution in [0.3, 0.4) is 0 Å². The topological polar surface area (TPSA) is 52.6 Å². The Hall–Kier alpha value is -2.62. The Morgan fingerprint density at radius 2 is 1.09 bits per heavy atom. The van der Waals surface area contributed by atoms with E-state index >= 15 is 0 Å². The molecule has 2 aromatic rings. The average molecular weight is 312 g/mol. The van der Waals surface area contributed by atoms with Gasteiger partial charge in [0.05, 0.1) is 0 Å². The summed E-state index contributed by atoms with van der Waals surface area (Å²) in [5.74, 6) is -1.20. The molecule has 0 aliphatic heterocycles. The molecule has 0 atom stereocenters. The van der Waals surface area contributed by atoms with Crippen LogP contribution >= 0.6 is 0 Å². The molecule has 0 heterocycles. The first kappa shape index (κ1) is 16.7. The number of hydrogen-bond donors (Lipinski definition) is 0. The maximum atomic E-state index is 12.2. The van der Waals surface area contributed by atoms with Gasteiger partial charge in [0.1, 0.15) is 13.2 Å². The highest BCUT2D eigenvalue weighted by Gasteiger charge is 2.39. The largest absolute Gasteiger partial charge is 0.460 e. The third-order valence-electron chi connectivity index (χ3n) is 3.45. The number of benzene rings is 2. The fraction of sp³-hybridized carbons (Fsp3) is 0.263. The van der Waals surface area contributed by atoms with E-state index < -0.39 is 17.4 Å². The van der Waals surface area contributed by atoms with Gasteiger partial charge in [0.15, 0.2) is 5.41 Å². The molecule has 0 aromatic heterocycles. The summed E-state index contributed by atoms with van der Waals surface area (Å²) in [7, 11) is 0. The van der Waals surface area contributed by atoms with Crippen molar-refractivity contribution in [1.29, 1.82) is 0 Å². The Morgan fingerprint density at radius 1 is 0.739 bits per heavy atom. The van der Waals surface area contributed by atoms with Crippen LogP contribution in [0.25, 0.3) is 0 Å². The third-order valence-corrected chi connectivity index (χ3v) is 3.45. The average Bonchev–Trinajstić information content (AvgIpc) is 2.59. The second-order valence-electron chi connectivity index (χ2n) is 5.75. The molecular formula is C19H20O4. The molecule has 0 aliphatic rings. The summed E-state index contributed by atoms with van der Waals surface area (Å²) in [5.41, 5.74) is 0.396. The first-order valence-electron chi connectivity index (χ1n) is 7.42. The van der Waals surface area contributed by atoms with Gasteiger partial charge in [-0.15, -0.1) is 0 Å². The lowest BCUT2D eigenvalue weighted by molar-refractivity contribution is -0.171. The van der Waals surface area contributed by atoms with Crippen molar-refractivity contribution in [3.8, 4) is 0 Å². The Kier molecular flexibility index (Phi) is 5.52. The summed E-state index contributed by atoms with van der Waals surface area (Å²) in [4.78, 5) is 24.3. The first-order chi connectivity index (χ1) is 11.0. The maximum absolute atomic E-state index is 12.2. The second kappa shape index (κ2) is 7.58. The van der Waals surface area contributed by atoms with Crippen LogP contribution in [0.15, 0.2) is 60.7 Å². The predicted octanol–water partition coefficient (Wildman–Crippen LogP) is 3.50. The van der Waals surface area contributed by atoms with E-state index in [0.29, 0.717) is 0 Å². The number of hydrogen-bond acceptors (Lipinski definition) is 4. The lowest BCUT2D eigenvalue weighted by Gasteiger charge is -2.20. The van der Waals surface area contributed by atoms with Crippen LogP contribution in [0.1, 0.15) is 25.0 Å². The minimum atomic E-state index is -1.34. The molecule has 23 heavy (non-hydrogen) atoms. The third kappa shape index (κ3) is 4.68. The normalized spacial score (nSPS) is 10.9. The molecule has 4 nitrogen and oxygen atoms in total. The molecule has 0 fully saturated rings. The molecule has 0 aliphatic carbocycles. The standard InChI is InChI=1S/C19H20O4/c1-19(2,17(20)22-13-15-9-5-3-6-10-15)18(21)23-14-16-11-7-4-8-12-16/h3-12H,13-14H2,1-2H3. The Labute approximate surface area is 136 Å². The zero-order valence-corrected chi connectivity index (χ0v) is 13.3. The molecule has 2 rings (SSSR count). The molecule has 2 aromatic carbocycles. The van der Waals surface area contributed by atoms with Crippen LogP contribution in [-0.4, -0.2) is 11.9 Å². The van der Waals surface area contributed by atoms with Crippen LogP contribution in [0.4, 0.5) is 0 Å². The smallest absolute Gasteiger partial charge is 0.323 e. The van der Waals surface area contributed by atoms with Crippen molar-refractivity contribution in [2.24, 2.45) is 5.41 Å². The van der Waals surface area contributed by atoms with Gasteiger partial charge in [0, 0.05) is 0 Å². The Bertz CT molecular complexity index is 590. The van der Waals surface area contributed by atoms with E-state index in [4.69, 9.17) is 9.47 Å². The fourth-order valence-electron chi connectivity index (χ4n) is 1.89. The van der Waals surface area contributed by atoms with Crippen molar-refractivity contribution >= 4 is 11.9 Å².